The number of ether oxygens (including phenoxy) is 1. The van der Waals surface area contributed by atoms with Crippen LogP contribution in [0.15, 0.2) is 91.0 Å². The van der Waals surface area contributed by atoms with Gasteiger partial charge in [-0.2, -0.15) is 0 Å². The van der Waals surface area contributed by atoms with Crippen molar-refractivity contribution < 1.29 is 17.9 Å². The van der Waals surface area contributed by atoms with Gasteiger partial charge in [-0.05, 0) is 41.0 Å². The molecule has 0 aromatic heterocycles. The van der Waals surface area contributed by atoms with E-state index >= 15 is 0 Å². The van der Waals surface area contributed by atoms with Gasteiger partial charge >= 0.3 is 6.09 Å². The average molecular weight is 437 g/mol. The summed E-state index contributed by atoms with van der Waals surface area (Å²) in [5.41, 5.74) is 4.20. The maximum absolute atomic E-state index is 12.0. The number of anilines is 2. The van der Waals surface area contributed by atoms with Crippen molar-refractivity contribution >= 4 is 33.1 Å². The van der Waals surface area contributed by atoms with Gasteiger partial charge in [-0.1, -0.05) is 66.7 Å². The van der Waals surface area contributed by atoms with Gasteiger partial charge in [0.05, 0.1) is 12.9 Å². The Kier molecular flexibility index (Phi) is 7.45. The van der Waals surface area contributed by atoms with Crippen LogP contribution in [0.2, 0.25) is 0 Å². The summed E-state index contributed by atoms with van der Waals surface area (Å²) in [5.74, 6) is 0. The van der Waals surface area contributed by atoms with Crippen LogP contribution in [0, 0.1) is 0 Å². The molecule has 0 spiro atoms. The molecule has 3 rings (SSSR count). The van der Waals surface area contributed by atoms with E-state index in [-0.39, 0.29) is 6.61 Å². The van der Waals surface area contributed by atoms with E-state index in [9.17, 15) is 13.2 Å². The van der Waals surface area contributed by atoms with Gasteiger partial charge < -0.3 is 4.74 Å². The normalized spacial score (nSPS) is 10.7. The van der Waals surface area contributed by atoms with Crippen molar-refractivity contribution in [1.82, 2.24) is 0 Å². The molecule has 31 heavy (non-hydrogen) atoms. The largest absolute Gasteiger partial charge is 0.449 e. The Balaban J connectivity index is 1.56. The summed E-state index contributed by atoms with van der Waals surface area (Å²) < 4.78 is 30.1. The third-order valence-corrected chi connectivity index (χ3v) is 4.91. The zero-order valence-electron chi connectivity index (χ0n) is 17.1. The first kappa shape index (κ1) is 22.1. The Morgan fingerprint density at radius 3 is 1.87 bits per heavy atom. The first-order valence-electron chi connectivity index (χ1n) is 9.73. The van der Waals surface area contributed by atoms with Crippen molar-refractivity contribution in [3.05, 3.63) is 102 Å². The minimum absolute atomic E-state index is 0.225. The van der Waals surface area contributed by atoms with E-state index in [1.807, 2.05) is 36.4 Å². The van der Waals surface area contributed by atoms with E-state index < -0.39 is 16.1 Å². The lowest BCUT2D eigenvalue weighted by Gasteiger charge is -2.10. The van der Waals surface area contributed by atoms with E-state index in [2.05, 4.69) is 40.4 Å². The fourth-order valence-electron chi connectivity index (χ4n) is 2.98. The highest BCUT2D eigenvalue weighted by atomic mass is 32.2. The number of amides is 1. The maximum atomic E-state index is 12.0. The number of benzene rings is 3. The Morgan fingerprint density at radius 2 is 1.35 bits per heavy atom. The van der Waals surface area contributed by atoms with Crippen molar-refractivity contribution in [2.45, 2.75) is 6.42 Å². The van der Waals surface area contributed by atoms with Crippen molar-refractivity contribution in [2.75, 3.05) is 22.9 Å². The highest BCUT2D eigenvalue weighted by molar-refractivity contribution is 7.92. The molecule has 0 atom stereocenters. The van der Waals surface area contributed by atoms with Crippen LogP contribution in [-0.4, -0.2) is 27.4 Å². The number of carbonyl (C=O) groups is 1. The summed E-state index contributed by atoms with van der Waals surface area (Å²) in [6.45, 7) is 0.225. The van der Waals surface area contributed by atoms with E-state index in [1.54, 1.807) is 24.3 Å². The summed E-state index contributed by atoms with van der Waals surface area (Å²) in [7, 11) is -3.34. The van der Waals surface area contributed by atoms with E-state index in [1.165, 1.54) is 0 Å². The summed E-state index contributed by atoms with van der Waals surface area (Å²) in [5, 5.41) is 2.62. The summed E-state index contributed by atoms with van der Waals surface area (Å²) in [6, 6.07) is 26.4. The molecule has 0 unspecified atom stereocenters. The van der Waals surface area contributed by atoms with Crippen LogP contribution < -0.4 is 10.0 Å². The second-order valence-electron chi connectivity index (χ2n) is 6.85. The van der Waals surface area contributed by atoms with Gasteiger partial charge in [0.2, 0.25) is 10.0 Å². The summed E-state index contributed by atoms with van der Waals surface area (Å²) >= 11 is 0. The topological polar surface area (TPSA) is 84.5 Å². The average Bonchev–Trinajstić information content (AvgIpc) is 2.75. The molecule has 0 bridgehead atoms. The lowest BCUT2D eigenvalue weighted by atomic mass is 9.97. The molecular formula is C24H24N2O4S. The smallest absolute Gasteiger partial charge is 0.411 e. The standard InChI is InChI=1S/C24H24N2O4S/c1-31(28,29)26-22-16-14-21(15-17-22)25-24(27)30-18-8-13-23(19-9-4-2-5-10-19)20-11-6-3-7-12-20/h2-7,9-17,26H,8,18H2,1H3,(H,25,27). The van der Waals surface area contributed by atoms with Crippen LogP contribution in [0.3, 0.4) is 0 Å². The van der Waals surface area contributed by atoms with Gasteiger partial charge in [0.1, 0.15) is 0 Å². The van der Waals surface area contributed by atoms with Crippen molar-refractivity contribution in [3.8, 4) is 0 Å². The van der Waals surface area contributed by atoms with Gasteiger partial charge in [-0.3, -0.25) is 10.0 Å². The van der Waals surface area contributed by atoms with Crippen molar-refractivity contribution in [3.63, 3.8) is 0 Å². The SMILES string of the molecule is CS(=O)(=O)Nc1ccc(NC(=O)OCCC=C(c2ccccc2)c2ccccc2)cc1. The minimum Gasteiger partial charge on any atom is -0.449 e. The molecule has 160 valence electrons. The van der Waals surface area contributed by atoms with E-state index in [0.717, 1.165) is 23.0 Å². The molecule has 0 fully saturated rings. The molecule has 0 saturated carbocycles. The Labute approximate surface area is 182 Å². The fraction of sp³-hybridized carbons (Fsp3) is 0.125. The Morgan fingerprint density at radius 1 is 0.839 bits per heavy atom. The van der Waals surface area contributed by atoms with E-state index in [0.29, 0.717) is 17.8 Å². The molecule has 3 aromatic rings. The number of rotatable bonds is 8. The monoisotopic (exact) mass is 436 g/mol. The molecule has 1 amide bonds. The lowest BCUT2D eigenvalue weighted by Crippen LogP contribution is -2.14. The molecule has 7 heteroatoms. The van der Waals surface area contributed by atoms with Crippen molar-refractivity contribution in [2.24, 2.45) is 0 Å². The molecule has 0 radical (unpaired) electrons. The Bertz CT molecular complexity index is 1090. The molecule has 0 aliphatic heterocycles. The van der Waals surface area contributed by atoms with Crippen LogP contribution in [0.1, 0.15) is 17.5 Å². The van der Waals surface area contributed by atoms with Crippen LogP contribution >= 0.6 is 0 Å². The van der Waals surface area contributed by atoms with Crippen LogP contribution in [0.4, 0.5) is 16.2 Å². The zero-order chi connectivity index (χ0) is 22.1. The number of sulfonamides is 1. The quantitative estimate of drug-likeness (QED) is 0.480. The van der Waals surface area contributed by atoms with Crippen LogP contribution in [0.5, 0.6) is 0 Å². The molecule has 6 nitrogen and oxygen atoms in total. The first-order chi connectivity index (χ1) is 14.9. The van der Waals surface area contributed by atoms with Gasteiger partial charge in [-0.15, -0.1) is 0 Å². The Hall–Kier alpha value is -3.58. The van der Waals surface area contributed by atoms with Crippen LogP contribution in [-0.2, 0) is 14.8 Å². The molecule has 0 saturated heterocycles. The molecule has 0 heterocycles. The second-order valence-corrected chi connectivity index (χ2v) is 8.60. The molecule has 2 N–H and O–H groups in total. The number of carbonyl (C=O) groups excluding carboxylic acids is 1. The van der Waals surface area contributed by atoms with Crippen LogP contribution in [0.25, 0.3) is 5.57 Å². The maximum Gasteiger partial charge on any atom is 0.411 e. The van der Waals surface area contributed by atoms with Crippen molar-refractivity contribution in [1.29, 1.82) is 0 Å². The molecule has 3 aromatic carbocycles. The van der Waals surface area contributed by atoms with Gasteiger partial charge in [0.25, 0.3) is 0 Å². The number of nitrogens with one attached hydrogen (secondary N) is 2. The number of hydrogen-bond acceptors (Lipinski definition) is 4. The summed E-state index contributed by atoms with van der Waals surface area (Å²) in [4.78, 5) is 12.0. The predicted molar refractivity (Wildman–Crippen MR) is 124 cm³/mol. The molecular weight excluding hydrogens is 412 g/mol. The first-order valence-corrected chi connectivity index (χ1v) is 11.6. The third-order valence-electron chi connectivity index (χ3n) is 4.30. The lowest BCUT2D eigenvalue weighted by molar-refractivity contribution is 0.163. The highest BCUT2D eigenvalue weighted by Crippen LogP contribution is 2.23. The van der Waals surface area contributed by atoms with Gasteiger partial charge in [0.15, 0.2) is 0 Å². The minimum atomic E-state index is -3.34. The van der Waals surface area contributed by atoms with E-state index in [4.69, 9.17) is 4.74 Å². The third kappa shape index (κ3) is 7.31. The highest BCUT2D eigenvalue weighted by Gasteiger charge is 2.06. The van der Waals surface area contributed by atoms with Gasteiger partial charge in [-0.25, -0.2) is 13.2 Å². The number of hydrogen-bond donors (Lipinski definition) is 2. The second kappa shape index (κ2) is 10.4. The van der Waals surface area contributed by atoms with Gasteiger partial charge in [0, 0.05) is 17.8 Å². The molecule has 0 aliphatic rings. The fourth-order valence-corrected chi connectivity index (χ4v) is 3.55. The zero-order valence-corrected chi connectivity index (χ0v) is 17.9. The predicted octanol–water partition coefficient (Wildman–Crippen LogP) is 5.13. The molecule has 0 aliphatic carbocycles. The summed E-state index contributed by atoms with van der Waals surface area (Å²) in [6.07, 6.45) is 3.12.